The highest BCUT2D eigenvalue weighted by molar-refractivity contribution is 6.12. The van der Waals surface area contributed by atoms with Crippen molar-refractivity contribution in [2.45, 2.75) is 26.2 Å². The number of quaternary nitrogens is 1. The van der Waals surface area contributed by atoms with Crippen LogP contribution in [0.2, 0.25) is 0 Å². The van der Waals surface area contributed by atoms with Gasteiger partial charge in [-0.25, -0.2) is 0 Å². The quantitative estimate of drug-likeness (QED) is 0.481. The highest BCUT2D eigenvalue weighted by Crippen LogP contribution is 2.07. The third-order valence-corrected chi connectivity index (χ3v) is 3.44. The second-order valence-electron chi connectivity index (χ2n) is 5.54. The lowest BCUT2D eigenvalue weighted by atomic mass is 10.1. The van der Waals surface area contributed by atoms with Gasteiger partial charge in [-0.1, -0.05) is 6.92 Å². The molecule has 19 heavy (non-hydrogen) atoms. The molecule has 2 amide bonds. The van der Waals surface area contributed by atoms with Crippen LogP contribution in [0.15, 0.2) is 12.2 Å². The van der Waals surface area contributed by atoms with Crippen LogP contribution in [0.25, 0.3) is 0 Å². The number of Topliss-reactive ketones (excluding diaryl/α,β-unsaturated/α-hetero) is 1. The van der Waals surface area contributed by atoms with E-state index < -0.39 is 0 Å². The summed E-state index contributed by atoms with van der Waals surface area (Å²) in [5.74, 6) is -0.175. The van der Waals surface area contributed by atoms with Gasteiger partial charge in [-0.15, -0.1) is 0 Å². The minimum Gasteiger partial charge on any atom is -0.327 e. The number of hydrogen-bond donors (Lipinski definition) is 0. The minimum atomic E-state index is -0.230. The maximum atomic E-state index is 11.4. The number of ketones is 1. The number of carbonyl (C=O) groups excluding carboxylic acids is 3. The van der Waals surface area contributed by atoms with Gasteiger partial charge in [0.25, 0.3) is 11.8 Å². The molecule has 0 unspecified atom stereocenters. The Kier molecular flexibility index (Phi) is 5.42. The first-order chi connectivity index (χ1) is 8.85. The summed E-state index contributed by atoms with van der Waals surface area (Å²) in [4.78, 5) is 35.3. The molecule has 0 aliphatic carbocycles. The molecule has 1 heterocycles. The Morgan fingerprint density at radius 3 is 2.26 bits per heavy atom. The third-order valence-electron chi connectivity index (χ3n) is 3.44. The number of nitrogens with zero attached hydrogens (tertiary/aromatic N) is 2. The number of carbonyl (C=O) groups is 3. The zero-order valence-electron chi connectivity index (χ0n) is 12.0. The lowest BCUT2D eigenvalue weighted by Crippen LogP contribution is -2.47. The zero-order chi connectivity index (χ0) is 14.5. The first-order valence-corrected chi connectivity index (χ1v) is 6.73. The summed E-state index contributed by atoms with van der Waals surface area (Å²) >= 11 is 0. The Morgan fingerprint density at radius 2 is 1.74 bits per heavy atom. The van der Waals surface area contributed by atoms with Crippen LogP contribution in [0.4, 0.5) is 0 Å². The number of hydrogen-bond acceptors (Lipinski definition) is 3. The number of amides is 2. The Balaban J connectivity index is 2.32. The molecular weight excluding hydrogens is 244 g/mol. The molecule has 0 atom stereocenters. The van der Waals surface area contributed by atoms with Crippen molar-refractivity contribution in [3.63, 3.8) is 0 Å². The molecular formula is C14H23N2O3+. The van der Waals surface area contributed by atoms with Crippen LogP contribution in [0.1, 0.15) is 26.2 Å². The number of imide groups is 1. The molecule has 0 aromatic rings. The summed E-state index contributed by atoms with van der Waals surface area (Å²) in [6, 6.07) is 0. The molecule has 1 rings (SSSR count). The molecule has 0 aromatic carbocycles. The molecule has 5 heteroatoms. The van der Waals surface area contributed by atoms with Crippen molar-refractivity contribution in [2.75, 3.05) is 33.7 Å². The van der Waals surface area contributed by atoms with E-state index in [1.54, 1.807) is 0 Å². The van der Waals surface area contributed by atoms with E-state index in [1.165, 1.54) is 17.1 Å². The van der Waals surface area contributed by atoms with E-state index in [2.05, 4.69) is 14.1 Å². The van der Waals surface area contributed by atoms with Crippen LogP contribution in [0.5, 0.6) is 0 Å². The number of likely N-dealkylation sites (N-methyl/N-ethyl adjacent to an activating group) is 1. The van der Waals surface area contributed by atoms with Crippen molar-refractivity contribution >= 4 is 17.6 Å². The fourth-order valence-electron chi connectivity index (χ4n) is 2.02. The fraction of sp³-hybridized carbons (Fsp3) is 0.643. The second-order valence-corrected chi connectivity index (χ2v) is 5.54. The molecule has 1 aliphatic heterocycles. The lowest BCUT2D eigenvalue weighted by molar-refractivity contribution is -0.889. The smallest absolute Gasteiger partial charge is 0.253 e. The number of rotatable bonds is 8. The van der Waals surface area contributed by atoms with Crippen molar-refractivity contribution in [3.8, 4) is 0 Å². The van der Waals surface area contributed by atoms with Gasteiger partial charge in [0.1, 0.15) is 5.78 Å². The highest BCUT2D eigenvalue weighted by Gasteiger charge is 2.26. The second kappa shape index (κ2) is 6.61. The minimum absolute atomic E-state index is 0.230. The van der Waals surface area contributed by atoms with Gasteiger partial charge in [-0.3, -0.25) is 19.3 Å². The van der Waals surface area contributed by atoms with E-state index in [0.717, 1.165) is 13.0 Å². The molecule has 0 radical (unpaired) electrons. The van der Waals surface area contributed by atoms with Crippen molar-refractivity contribution in [2.24, 2.45) is 0 Å². The van der Waals surface area contributed by atoms with E-state index in [9.17, 15) is 14.4 Å². The summed E-state index contributed by atoms with van der Waals surface area (Å²) in [6.07, 6.45) is 4.67. The van der Waals surface area contributed by atoms with E-state index in [1.807, 2.05) is 6.92 Å². The van der Waals surface area contributed by atoms with Crippen LogP contribution in [0.3, 0.4) is 0 Å². The monoisotopic (exact) mass is 267 g/mol. The van der Waals surface area contributed by atoms with Gasteiger partial charge in [0.05, 0.1) is 33.7 Å². The van der Waals surface area contributed by atoms with Crippen LogP contribution < -0.4 is 0 Å². The van der Waals surface area contributed by atoms with E-state index in [0.29, 0.717) is 30.4 Å². The fourth-order valence-corrected chi connectivity index (χ4v) is 2.02. The maximum Gasteiger partial charge on any atom is 0.253 e. The predicted octanol–water partition coefficient (Wildman–Crippen LogP) is 0.747. The Hall–Kier alpha value is -1.49. The van der Waals surface area contributed by atoms with Crippen LogP contribution >= 0.6 is 0 Å². The first-order valence-electron chi connectivity index (χ1n) is 6.73. The Labute approximate surface area is 114 Å². The van der Waals surface area contributed by atoms with E-state index in [4.69, 9.17) is 0 Å². The van der Waals surface area contributed by atoms with Gasteiger partial charge in [-0.05, 0) is 0 Å². The summed E-state index contributed by atoms with van der Waals surface area (Å²) in [5, 5.41) is 0. The highest BCUT2D eigenvalue weighted by atomic mass is 16.2. The van der Waals surface area contributed by atoms with Crippen LogP contribution in [-0.4, -0.2) is 60.7 Å². The van der Waals surface area contributed by atoms with Gasteiger partial charge in [-0.2, -0.15) is 0 Å². The van der Waals surface area contributed by atoms with Crippen LogP contribution in [-0.2, 0) is 14.4 Å². The first kappa shape index (κ1) is 15.6. The maximum absolute atomic E-state index is 11.4. The SMILES string of the molecule is CCC(=O)CCC[N+](C)(C)CCN1C(=O)C=CC1=O. The molecule has 0 saturated carbocycles. The van der Waals surface area contributed by atoms with Crippen molar-refractivity contribution < 1.29 is 18.9 Å². The van der Waals surface area contributed by atoms with Gasteiger partial charge in [0, 0.05) is 31.4 Å². The predicted molar refractivity (Wildman–Crippen MR) is 72.2 cm³/mol. The van der Waals surface area contributed by atoms with Gasteiger partial charge < -0.3 is 4.48 Å². The van der Waals surface area contributed by atoms with Crippen molar-refractivity contribution in [1.29, 1.82) is 0 Å². The van der Waals surface area contributed by atoms with Gasteiger partial charge in [0.15, 0.2) is 0 Å². The summed E-state index contributed by atoms with van der Waals surface area (Å²) in [5.41, 5.74) is 0. The molecule has 0 N–H and O–H groups in total. The average molecular weight is 267 g/mol. The Morgan fingerprint density at radius 1 is 1.16 bits per heavy atom. The van der Waals surface area contributed by atoms with Crippen LogP contribution in [0, 0.1) is 0 Å². The molecule has 0 fully saturated rings. The zero-order valence-corrected chi connectivity index (χ0v) is 12.0. The largest absolute Gasteiger partial charge is 0.327 e. The normalized spacial score (nSPS) is 15.4. The average Bonchev–Trinajstić information content (AvgIpc) is 2.66. The van der Waals surface area contributed by atoms with E-state index >= 15 is 0 Å². The summed E-state index contributed by atoms with van der Waals surface area (Å²) < 4.78 is 0.702. The van der Waals surface area contributed by atoms with Gasteiger partial charge >= 0.3 is 0 Å². The third kappa shape index (κ3) is 4.95. The van der Waals surface area contributed by atoms with Crippen molar-refractivity contribution in [1.82, 2.24) is 4.90 Å². The molecule has 106 valence electrons. The Bertz CT molecular complexity index is 381. The molecule has 5 nitrogen and oxygen atoms in total. The molecule has 0 aromatic heterocycles. The molecule has 0 bridgehead atoms. The molecule has 1 aliphatic rings. The van der Waals surface area contributed by atoms with E-state index in [-0.39, 0.29) is 17.6 Å². The summed E-state index contributed by atoms with van der Waals surface area (Å²) in [7, 11) is 4.10. The molecule has 0 spiro atoms. The summed E-state index contributed by atoms with van der Waals surface area (Å²) in [6.45, 7) is 3.88. The van der Waals surface area contributed by atoms with Crippen molar-refractivity contribution in [3.05, 3.63) is 12.2 Å². The lowest BCUT2D eigenvalue weighted by Gasteiger charge is -2.31. The van der Waals surface area contributed by atoms with Gasteiger partial charge in [0.2, 0.25) is 0 Å². The standard InChI is InChI=1S/C14H23N2O3/c1-4-12(17)6-5-10-16(2,3)11-9-15-13(18)7-8-14(15)19/h7-8H,4-6,9-11H2,1-3H3/q+1. The molecule has 0 saturated heterocycles. The topological polar surface area (TPSA) is 54.5 Å².